The van der Waals surface area contributed by atoms with Crippen LogP contribution in [0.3, 0.4) is 0 Å². The Hall–Kier alpha value is -1.65. The van der Waals surface area contributed by atoms with Gasteiger partial charge in [0.2, 0.25) is 0 Å². The molecule has 1 N–H and O–H groups in total. The molecule has 0 aliphatic rings. The van der Waals surface area contributed by atoms with Crippen molar-refractivity contribution in [3.05, 3.63) is 28.4 Å². The lowest BCUT2D eigenvalue weighted by molar-refractivity contribution is -0.384. The Morgan fingerprint density at radius 2 is 2.25 bits per heavy atom. The second-order valence-corrected chi connectivity index (χ2v) is 4.06. The van der Waals surface area contributed by atoms with Gasteiger partial charge in [0.05, 0.1) is 11.0 Å². The summed E-state index contributed by atoms with van der Waals surface area (Å²) in [6.45, 7) is 6.30. The molecule has 88 valence electrons. The van der Waals surface area contributed by atoms with Crippen LogP contribution in [-0.2, 0) is 0 Å². The number of nitrogens with zero attached hydrogens (tertiary/aromatic N) is 2. The van der Waals surface area contributed by atoms with Gasteiger partial charge in [-0.15, -0.1) is 0 Å². The molecule has 1 heterocycles. The van der Waals surface area contributed by atoms with Gasteiger partial charge in [-0.05, 0) is 12.3 Å². The molecule has 0 radical (unpaired) electrons. The zero-order valence-corrected chi connectivity index (χ0v) is 9.80. The molecule has 5 heteroatoms. The summed E-state index contributed by atoms with van der Waals surface area (Å²) < 4.78 is 0. The van der Waals surface area contributed by atoms with E-state index in [0.717, 1.165) is 6.42 Å². The quantitative estimate of drug-likeness (QED) is 0.615. The van der Waals surface area contributed by atoms with Crippen molar-refractivity contribution in [2.75, 3.05) is 5.32 Å². The molecular formula is C11H17N3O2. The largest absolute Gasteiger partial charge is 0.367 e. The molecule has 1 unspecified atom stereocenters. The van der Waals surface area contributed by atoms with E-state index in [9.17, 15) is 10.1 Å². The monoisotopic (exact) mass is 223 g/mol. The van der Waals surface area contributed by atoms with Crippen LogP contribution in [0.25, 0.3) is 0 Å². The number of pyridine rings is 1. The normalized spacial score (nSPS) is 12.5. The van der Waals surface area contributed by atoms with Crippen LogP contribution in [0.1, 0.15) is 27.2 Å². The summed E-state index contributed by atoms with van der Waals surface area (Å²) in [5.74, 6) is 1.03. The fourth-order valence-corrected chi connectivity index (χ4v) is 1.54. The summed E-state index contributed by atoms with van der Waals surface area (Å²) in [4.78, 5) is 14.3. The molecule has 5 nitrogen and oxygen atoms in total. The summed E-state index contributed by atoms with van der Waals surface area (Å²) in [6.07, 6.45) is 2.41. The predicted octanol–water partition coefficient (Wildman–Crippen LogP) is 2.84. The first-order chi connectivity index (χ1) is 7.54. The highest BCUT2D eigenvalue weighted by molar-refractivity contribution is 5.44. The Bertz CT molecular complexity index is 366. The van der Waals surface area contributed by atoms with E-state index >= 15 is 0 Å². The van der Waals surface area contributed by atoms with E-state index in [1.54, 1.807) is 0 Å². The number of hydrogen-bond donors (Lipinski definition) is 1. The number of rotatable bonds is 5. The molecule has 0 saturated carbocycles. The Kier molecular flexibility index (Phi) is 4.22. The van der Waals surface area contributed by atoms with Gasteiger partial charge in [0, 0.05) is 18.3 Å². The molecule has 0 aliphatic heterocycles. The van der Waals surface area contributed by atoms with Crippen molar-refractivity contribution < 1.29 is 4.92 Å². The predicted molar refractivity (Wildman–Crippen MR) is 63.4 cm³/mol. The second kappa shape index (κ2) is 5.44. The van der Waals surface area contributed by atoms with Gasteiger partial charge in [0.25, 0.3) is 5.69 Å². The first-order valence-corrected chi connectivity index (χ1v) is 5.41. The first-order valence-electron chi connectivity index (χ1n) is 5.41. The van der Waals surface area contributed by atoms with Gasteiger partial charge >= 0.3 is 0 Å². The lowest BCUT2D eigenvalue weighted by Crippen LogP contribution is -2.25. The van der Waals surface area contributed by atoms with Crippen molar-refractivity contribution in [2.45, 2.75) is 33.2 Å². The van der Waals surface area contributed by atoms with Crippen molar-refractivity contribution in [3.63, 3.8) is 0 Å². The third kappa shape index (κ3) is 3.18. The standard InChI is InChI=1S/C11H17N3O2/c1-4-10(8(2)3)13-11-7-9(14(15)16)5-6-12-11/h5-8,10H,4H2,1-3H3,(H,12,13). The highest BCUT2D eigenvalue weighted by Crippen LogP contribution is 2.17. The Balaban J connectivity index is 2.80. The topological polar surface area (TPSA) is 68.1 Å². The summed E-state index contributed by atoms with van der Waals surface area (Å²) >= 11 is 0. The maximum atomic E-state index is 10.6. The average Bonchev–Trinajstić information content (AvgIpc) is 2.25. The zero-order chi connectivity index (χ0) is 12.1. The third-order valence-corrected chi connectivity index (χ3v) is 2.53. The molecule has 1 aromatic rings. The van der Waals surface area contributed by atoms with Gasteiger partial charge in [-0.1, -0.05) is 20.8 Å². The molecule has 0 saturated heterocycles. The smallest absolute Gasteiger partial charge is 0.274 e. The minimum atomic E-state index is -0.414. The van der Waals surface area contributed by atoms with Crippen LogP contribution in [0.4, 0.5) is 11.5 Å². The zero-order valence-electron chi connectivity index (χ0n) is 9.80. The van der Waals surface area contributed by atoms with Crippen LogP contribution in [0.5, 0.6) is 0 Å². The van der Waals surface area contributed by atoms with Gasteiger partial charge in [0.1, 0.15) is 5.82 Å². The summed E-state index contributed by atoms with van der Waals surface area (Å²) in [7, 11) is 0. The molecule has 0 aromatic carbocycles. The highest BCUT2D eigenvalue weighted by atomic mass is 16.6. The lowest BCUT2D eigenvalue weighted by Gasteiger charge is -2.20. The second-order valence-electron chi connectivity index (χ2n) is 4.06. The van der Waals surface area contributed by atoms with Gasteiger partial charge in [0.15, 0.2) is 0 Å². The van der Waals surface area contributed by atoms with Gasteiger partial charge < -0.3 is 5.32 Å². The van der Waals surface area contributed by atoms with Gasteiger partial charge in [-0.2, -0.15) is 0 Å². The van der Waals surface area contributed by atoms with E-state index in [-0.39, 0.29) is 11.7 Å². The van der Waals surface area contributed by atoms with Gasteiger partial charge in [-0.3, -0.25) is 10.1 Å². The molecule has 1 rings (SSSR count). The average molecular weight is 223 g/mol. The van der Waals surface area contributed by atoms with E-state index < -0.39 is 4.92 Å². The van der Waals surface area contributed by atoms with E-state index in [2.05, 4.69) is 31.1 Å². The van der Waals surface area contributed by atoms with Crippen molar-refractivity contribution in [2.24, 2.45) is 5.92 Å². The summed E-state index contributed by atoms with van der Waals surface area (Å²) in [5.41, 5.74) is 0.0658. The maximum absolute atomic E-state index is 10.6. The molecule has 0 bridgehead atoms. The number of anilines is 1. The van der Waals surface area contributed by atoms with Crippen molar-refractivity contribution in [3.8, 4) is 0 Å². The number of aromatic nitrogens is 1. The third-order valence-electron chi connectivity index (χ3n) is 2.53. The Morgan fingerprint density at radius 1 is 1.56 bits per heavy atom. The summed E-state index contributed by atoms with van der Waals surface area (Å²) in [6, 6.07) is 3.14. The fourth-order valence-electron chi connectivity index (χ4n) is 1.54. The molecule has 0 fully saturated rings. The van der Waals surface area contributed by atoms with Crippen LogP contribution < -0.4 is 5.32 Å². The van der Waals surface area contributed by atoms with E-state index in [4.69, 9.17) is 0 Å². The molecule has 1 aromatic heterocycles. The van der Waals surface area contributed by atoms with Crippen molar-refractivity contribution in [1.82, 2.24) is 4.98 Å². The first kappa shape index (κ1) is 12.4. The highest BCUT2D eigenvalue weighted by Gasteiger charge is 2.13. The summed E-state index contributed by atoms with van der Waals surface area (Å²) in [5, 5.41) is 13.8. The molecule has 0 aliphatic carbocycles. The van der Waals surface area contributed by atoms with E-state index in [0.29, 0.717) is 11.7 Å². The maximum Gasteiger partial charge on any atom is 0.274 e. The number of hydrogen-bond acceptors (Lipinski definition) is 4. The lowest BCUT2D eigenvalue weighted by atomic mass is 10.0. The SMILES string of the molecule is CCC(Nc1cc([N+](=O)[O-])ccn1)C(C)C. The van der Waals surface area contributed by atoms with Crippen molar-refractivity contribution in [1.29, 1.82) is 0 Å². The Labute approximate surface area is 95.0 Å². The van der Waals surface area contributed by atoms with Crippen molar-refractivity contribution >= 4 is 11.5 Å². The van der Waals surface area contributed by atoms with Crippen LogP contribution in [0, 0.1) is 16.0 Å². The fraction of sp³-hybridized carbons (Fsp3) is 0.545. The molecule has 0 amide bonds. The molecule has 16 heavy (non-hydrogen) atoms. The number of nitrogens with one attached hydrogen (secondary N) is 1. The molecule has 0 spiro atoms. The molecular weight excluding hydrogens is 206 g/mol. The Morgan fingerprint density at radius 3 is 2.75 bits per heavy atom. The van der Waals surface area contributed by atoms with E-state index in [1.165, 1.54) is 18.3 Å². The van der Waals surface area contributed by atoms with E-state index in [1.807, 2.05) is 0 Å². The van der Waals surface area contributed by atoms with Crippen LogP contribution in [-0.4, -0.2) is 15.9 Å². The minimum absolute atomic E-state index is 0.0658. The van der Waals surface area contributed by atoms with Crippen LogP contribution >= 0.6 is 0 Å². The van der Waals surface area contributed by atoms with Crippen LogP contribution in [0.2, 0.25) is 0 Å². The van der Waals surface area contributed by atoms with Gasteiger partial charge in [-0.25, -0.2) is 4.98 Å². The number of nitro groups is 1. The molecule has 1 atom stereocenters. The van der Waals surface area contributed by atoms with Crippen LogP contribution in [0.15, 0.2) is 18.3 Å². The minimum Gasteiger partial charge on any atom is -0.367 e.